The van der Waals surface area contributed by atoms with Crippen molar-refractivity contribution in [2.45, 2.75) is 31.8 Å². The normalized spacial score (nSPS) is 11.8. The third-order valence-corrected chi connectivity index (χ3v) is 5.66. The fraction of sp³-hybridized carbons (Fsp3) is 0.308. The molecule has 0 aliphatic rings. The van der Waals surface area contributed by atoms with E-state index in [0.29, 0.717) is 15.9 Å². The molecule has 0 aliphatic carbocycles. The zero-order valence-electron chi connectivity index (χ0n) is 11.7. The molecule has 2 rings (SSSR count). The summed E-state index contributed by atoms with van der Waals surface area (Å²) in [5.41, 5.74) is 7.87. The Morgan fingerprint density at radius 1 is 1.33 bits per heavy atom. The average molecular weight is 374 g/mol. The van der Waals surface area contributed by atoms with Crippen LogP contribution in [0.25, 0.3) is 0 Å². The molecular formula is C13H16BrN3O3S. The van der Waals surface area contributed by atoms with E-state index in [1.54, 1.807) is 19.1 Å². The highest BCUT2D eigenvalue weighted by atomic mass is 79.9. The van der Waals surface area contributed by atoms with Crippen molar-refractivity contribution in [3.05, 3.63) is 45.3 Å². The number of nitrogens with two attached hydrogens (primary N) is 1. The maximum atomic E-state index is 12.4. The summed E-state index contributed by atoms with van der Waals surface area (Å²) < 4.78 is 32.8. The largest absolute Gasteiger partial charge is 0.360 e. The first-order valence-corrected chi connectivity index (χ1v) is 8.52. The number of aromatic nitrogens is 1. The standard InChI is InChI=1S/C13H16BrN3O3S/c1-8-3-10(6-15)5-12(13(8)14)21(18,19)16-7-11-4-9(2)17-20-11/h3-5,16H,6-7,15H2,1-2H3. The zero-order valence-corrected chi connectivity index (χ0v) is 14.1. The zero-order chi connectivity index (χ0) is 15.6. The van der Waals surface area contributed by atoms with Gasteiger partial charge < -0.3 is 10.3 Å². The lowest BCUT2D eigenvalue weighted by molar-refractivity contribution is 0.377. The molecule has 1 aromatic heterocycles. The van der Waals surface area contributed by atoms with E-state index in [9.17, 15) is 8.42 Å². The Morgan fingerprint density at radius 3 is 2.62 bits per heavy atom. The minimum absolute atomic E-state index is 0.0432. The van der Waals surface area contributed by atoms with Gasteiger partial charge in [-0.3, -0.25) is 0 Å². The molecule has 0 spiro atoms. The molecule has 6 nitrogen and oxygen atoms in total. The van der Waals surface area contributed by atoms with Gasteiger partial charge >= 0.3 is 0 Å². The highest BCUT2D eigenvalue weighted by Crippen LogP contribution is 2.27. The van der Waals surface area contributed by atoms with Crippen LogP contribution in [0.2, 0.25) is 0 Å². The Hall–Kier alpha value is -1.22. The van der Waals surface area contributed by atoms with E-state index in [4.69, 9.17) is 10.3 Å². The van der Waals surface area contributed by atoms with Crippen molar-refractivity contribution >= 4 is 26.0 Å². The molecule has 1 heterocycles. The van der Waals surface area contributed by atoms with Crippen LogP contribution < -0.4 is 10.5 Å². The van der Waals surface area contributed by atoms with Crippen molar-refractivity contribution < 1.29 is 12.9 Å². The number of benzene rings is 1. The van der Waals surface area contributed by atoms with Gasteiger partial charge in [0, 0.05) is 17.1 Å². The molecule has 0 saturated heterocycles. The molecule has 2 aromatic rings. The van der Waals surface area contributed by atoms with E-state index >= 15 is 0 Å². The second-order valence-corrected chi connectivity index (χ2v) is 7.22. The van der Waals surface area contributed by atoms with E-state index < -0.39 is 10.0 Å². The molecule has 0 radical (unpaired) electrons. The summed E-state index contributed by atoms with van der Waals surface area (Å²) in [7, 11) is -3.68. The molecule has 0 amide bonds. The number of rotatable bonds is 5. The molecule has 3 N–H and O–H groups in total. The lowest BCUT2D eigenvalue weighted by atomic mass is 10.1. The SMILES string of the molecule is Cc1cc(CNS(=O)(=O)c2cc(CN)cc(C)c2Br)on1. The Kier molecular flexibility index (Phi) is 4.82. The summed E-state index contributed by atoms with van der Waals surface area (Å²) in [4.78, 5) is 0.166. The van der Waals surface area contributed by atoms with Crippen LogP contribution in [-0.2, 0) is 23.1 Å². The monoisotopic (exact) mass is 373 g/mol. The Balaban J connectivity index is 2.29. The maximum Gasteiger partial charge on any atom is 0.242 e. The lowest BCUT2D eigenvalue weighted by Crippen LogP contribution is -2.24. The number of sulfonamides is 1. The van der Waals surface area contributed by atoms with Crippen LogP contribution >= 0.6 is 15.9 Å². The summed E-state index contributed by atoms with van der Waals surface area (Å²) in [5, 5.41) is 3.71. The van der Waals surface area contributed by atoms with E-state index in [0.717, 1.165) is 11.1 Å². The number of aryl methyl sites for hydroxylation is 2. The minimum atomic E-state index is -3.68. The molecule has 0 saturated carbocycles. The number of hydrogen-bond acceptors (Lipinski definition) is 5. The van der Waals surface area contributed by atoms with Crippen molar-refractivity contribution in [3.8, 4) is 0 Å². The maximum absolute atomic E-state index is 12.4. The fourth-order valence-electron chi connectivity index (χ4n) is 1.87. The van der Waals surface area contributed by atoms with Crippen LogP contribution in [0.5, 0.6) is 0 Å². The minimum Gasteiger partial charge on any atom is -0.360 e. The Labute approximate surface area is 131 Å². The van der Waals surface area contributed by atoms with Crippen LogP contribution in [0.3, 0.4) is 0 Å². The summed E-state index contributed by atoms with van der Waals surface area (Å²) in [6.07, 6.45) is 0. The van der Waals surface area contributed by atoms with Crippen LogP contribution in [-0.4, -0.2) is 13.6 Å². The van der Waals surface area contributed by atoms with Crippen LogP contribution in [0.4, 0.5) is 0 Å². The van der Waals surface area contributed by atoms with Gasteiger partial charge in [0.05, 0.1) is 17.1 Å². The first-order valence-electron chi connectivity index (χ1n) is 6.24. The van der Waals surface area contributed by atoms with Crippen molar-refractivity contribution in [2.75, 3.05) is 0 Å². The van der Waals surface area contributed by atoms with Crippen LogP contribution in [0, 0.1) is 13.8 Å². The van der Waals surface area contributed by atoms with Crippen molar-refractivity contribution in [3.63, 3.8) is 0 Å². The van der Waals surface area contributed by atoms with Gasteiger partial charge in [0.2, 0.25) is 10.0 Å². The van der Waals surface area contributed by atoms with Gasteiger partial charge in [-0.15, -0.1) is 0 Å². The van der Waals surface area contributed by atoms with Gasteiger partial charge in [-0.25, -0.2) is 13.1 Å². The summed E-state index contributed by atoms with van der Waals surface area (Å²) in [6.45, 7) is 3.91. The molecule has 0 bridgehead atoms. The smallest absolute Gasteiger partial charge is 0.242 e. The number of halogens is 1. The number of nitrogens with zero attached hydrogens (tertiary/aromatic N) is 1. The average Bonchev–Trinajstić information content (AvgIpc) is 2.85. The van der Waals surface area contributed by atoms with Gasteiger partial charge in [-0.05, 0) is 47.0 Å². The molecule has 0 fully saturated rings. The topological polar surface area (TPSA) is 98.2 Å². The molecule has 0 atom stereocenters. The van der Waals surface area contributed by atoms with E-state index in [1.807, 2.05) is 13.0 Å². The van der Waals surface area contributed by atoms with Crippen LogP contribution in [0.15, 0.2) is 32.1 Å². The van der Waals surface area contributed by atoms with E-state index in [-0.39, 0.29) is 18.0 Å². The molecule has 0 aliphatic heterocycles. The quantitative estimate of drug-likeness (QED) is 0.834. The van der Waals surface area contributed by atoms with Gasteiger partial charge in [-0.1, -0.05) is 11.2 Å². The molecule has 1 aromatic carbocycles. The lowest BCUT2D eigenvalue weighted by Gasteiger charge is -2.11. The fourth-order valence-corrected chi connectivity index (χ4v) is 3.93. The predicted octanol–water partition coefficient (Wildman–Crippen LogP) is 1.99. The summed E-state index contributed by atoms with van der Waals surface area (Å²) in [5.74, 6) is 0.457. The number of hydrogen-bond donors (Lipinski definition) is 2. The van der Waals surface area contributed by atoms with Gasteiger partial charge in [0.1, 0.15) is 0 Å². The first-order chi connectivity index (χ1) is 9.83. The highest BCUT2D eigenvalue weighted by Gasteiger charge is 2.20. The summed E-state index contributed by atoms with van der Waals surface area (Å²) in [6, 6.07) is 5.09. The Morgan fingerprint density at radius 2 is 2.05 bits per heavy atom. The second kappa shape index (κ2) is 6.27. The van der Waals surface area contributed by atoms with E-state index in [1.165, 1.54) is 0 Å². The summed E-state index contributed by atoms with van der Waals surface area (Å²) >= 11 is 3.31. The molecule has 114 valence electrons. The second-order valence-electron chi connectivity index (χ2n) is 4.69. The molecule has 0 unspecified atom stereocenters. The van der Waals surface area contributed by atoms with Crippen molar-refractivity contribution in [1.29, 1.82) is 0 Å². The van der Waals surface area contributed by atoms with E-state index in [2.05, 4.69) is 25.8 Å². The van der Waals surface area contributed by atoms with Gasteiger partial charge in [-0.2, -0.15) is 0 Å². The predicted molar refractivity (Wildman–Crippen MR) is 82.0 cm³/mol. The highest BCUT2D eigenvalue weighted by molar-refractivity contribution is 9.10. The van der Waals surface area contributed by atoms with Crippen molar-refractivity contribution in [1.82, 2.24) is 9.88 Å². The number of nitrogens with one attached hydrogen (secondary N) is 1. The third kappa shape index (κ3) is 3.70. The molecular weight excluding hydrogens is 358 g/mol. The first kappa shape index (κ1) is 16.2. The third-order valence-electron chi connectivity index (χ3n) is 2.92. The molecule has 21 heavy (non-hydrogen) atoms. The molecule has 8 heteroatoms. The van der Waals surface area contributed by atoms with Crippen LogP contribution in [0.1, 0.15) is 22.6 Å². The van der Waals surface area contributed by atoms with Crippen molar-refractivity contribution in [2.24, 2.45) is 5.73 Å². The van der Waals surface area contributed by atoms with Gasteiger partial charge in [0.25, 0.3) is 0 Å². The van der Waals surface area contributed by atoms with Gasteiger partial charge in [0.15, 0.2) is 5.76 Å². The Bertz CT molecular complexity index is 756.